The summed E-state index contributed by atoms with van der Waals surface area (Å²) in [5, 5.41) is 25.3. The molecule has 24 heavy (non-hydrogen) atoms. The molecule has 11 nitrogen and oxygen atoms in total. The Morgan fingerprint density at radius 1 is 1.46 bits per heavy atom. The molecule has 0 spiro atoms. The smallest absolute Gasteiger partial charge is 0.314 e. The molecule has 1 fully saturated rings. The van der Waals surface area contributed by atoms with Crippen molar-refractivity contribution in [1.82, 2.24) is 30.2 Å². The number of imidazole rings is 1. The van der Waals surface area contributed by atoms with Gasteiger partial charge in [0.1, 0.15) is 24.1 Å². The van der Waals surface area contributed by atoms with Crippen LogP contribution in [0.2, 0.25) is 0 Å². The molecule has 3 heterocycles. The molecule has 4 atom stereocenters. The number of nitrogens with zero attached hydrogens (tertiary/aromatic N) is 3. The predicted molar refractivity (Wildman–Crippen MR) is 81.3 cm³/mol. The maximum atomic E-state index is 11.9. The second kappa shape index (κ2) is 6.19. The summed E-state index contributed by atoms with van der Waals surface area (Å²) in [5.74, 6) is 0.389. The summed E-state index contributed by atoms with van der Waals surface area (Å²) in [5.41, 5.74) is -0.0487. The lowest BCUT2D eigenvalue weighted by Crippen LogP contribution is -2.42. The Morgan fingerprint density at radius 2 is 2.21 bits per heavy atom. The third-order valence-corrected chi connectivity index (χ3v) is 3.85. The largest absolute Gasteiger partial charge is 0.387 e. The van der Waals surface area contributed by atoms with Crippen LogP contribution in [0.4, 0.5) is 4.79 Å². The van der Waals surface area contributed by atoms with Gasteiger partial charge in [0.15, 0.2) is 17.4 Å². The Hall–Kier alpha value is -2.50. The minimum absolute atomic E-state index is 0.00801. The van der Waals surface area contributed by atoms with Gasteiger partial charge in [-0.3, -0.25) is 9.36 Å². The van der Waals surface area contributed by atoms with E-state index in [4.69, 9.17) is 4.74 Å². The molecule has 1 aliphatic heterocycles. The number of H-pyrrole nitrogens is 1. The molecule has 130 valence electrons. The zero-order chi connectivity index (χ0) is 17.4. The van der Waals surface area contributed by atoms with E-state index in [1.165, 1.54) is 17.9 Å². The summed E-state index contributed by atoms with van der Waals surface area (Å²) in [4.78, 5) is 33.8. The number of urea groups is 1. The predicted octanol–water partition coefficient (Wildman–Crippen LogP) is -2.02. The zero-order valence-electron chi connectivity index (χ0n) is 13.1. The van der Waals surface area contributed by atoms with Crippen molar-refractivity contribution >= 4 is 17.2 Å². The summed E-state index contributed by atoms with van der Waals surface area (Å²) < 4.78 is 7.04. The van der Waals surface area contributed by atoms with Crippen molar-refractivity contribution in [2.75, 3.05) is 13.6 Å². The lowest BCUT2D eigenvalue weighted by molar-refractivity contribution is -0.0335. The van der Waals surface area contributed by atoms with Crippen molar-refractivity contribution in [2.45, 2.75) is 31.5 Å². The minimum Gasteiger partial charge on any atom is -0.387 e. The van der Waals surface area contributed by atoms with E-state index < -0.39 is 36.1 Å². The number of aryl methyl sites for hydroxylation is 1. The zero-order valence-corrected chi connectivity index (χ0v) is 13.1. The molecule has 1 aliphatic rings. The van der Waals surface area contributed by atoms with Gasteiger partial charge in [-0.2, -0.15) is 0 Å². The number of aromatic amines is 1. The van der Waals surface area contributed by atoms with Gasteiger partial charge in [-0.25, -0.2) is 14.8 Å². The molecule has 5 N–H and O–H groups in total. The highest BCUT2D eigenvalue weighted by Gasteiger charge is 2.44. The van der Waals surface area contributed by atoms with Crippen molar-refractivity contribution in [2.24, 2.45) is 0 Å². The van der Waals surface area contributed by atoms with Crippen LogP contribution in [0.5, 0.6) is 0 Å². The molecule has 1 saturated heterocycles. The molecule has 11 heteroatoms. The maximum Gasteiger partial charge on any atom is 0.314 e. The Morgan fingerprint density at radius 3 is 2.92 bits per heavy atom. The lowest BCUT2D eigenvalue weighted by Gasteiger charge is -2.16. The first kappa shape index (κ1) is 16.4. The number of carbonyl (C=O) groups is 1. The van der Waals surface area contributed by atoms with Crippen molar-refractivity contribution in [3.63, 3.8) is 0 Å². The van der Waals surface area contributed by atoms with E-state index in [0.717, 1.165) is 0 Å². The van der Waals surface area contributed by atoms with E-state index in [-0.39, 0.29) is 17.7 Å². The van der Waals surface area contributed by atoms with Crippen LogP contribution in [-0.2, 0) is 4.74 Å². The molecular weight excluding hydrogens is 320 g/mol. The van der Waals surface area contributed by atoms with Crippen LogP contribution >= 0.6 is 0 Å². The van der Waals surface area contributed by atoms with Crippen molar-refractivity contribution < 1.29 is 19.7 Å². The standard InChI is InChI=1S/C13H18N6O5/c1-5-17-10-7(11(22)18-5)16-4-19(10)12-9(21)8(20)6(24-12)3-15-13(23)14-2/h4,6,8-9,12,20-21H,3H2,1-2H3,(H2,14,15,23)(H,17,18,22)/t6-,8?,9?,12-/m1/s1. The van der Waals surface area contributed by atoms with Crippen LogP contribution in [0.1, 0.15) is 12.1 Å². The van der Waals surface area contributed by atoms with Gasteiger partial charge in [-0.15, -0.1) is 0 Å². The van der Waals surface area contributed by atoms with Crippen LogP contribution in [0.3, 0.4) is 0 Å². The molecule has 2 unspecified atom stereocenters. The van der Waals surface area contributed by atoms with Gasteiger partial charge in [0, 0.05) is 13.6 Å². The second-order valence-electron chi connectivity index (χ2n) is 5.48. The summed E-state index contributed by atoms with van der Waals surface area (Å²) in [6.07, 6.45) is -2.95. The van der Waals surface area contributed by atoms with Gasteiger partial charge in [-0.1, -0.05) is 0 Å². The average molecular weight is 338 g/mol. The third kappa shape index (κ3) is 2.72. The highest BCUT2D eigenvalue weighted by molar-refractivity contribution is 5.73. The quantitative estimate of drug-likeness (QED) is 0.432. The highest BCUT2D eigenvalue weighted by Crippen LogP contribution is 2.30. The third-order valence-electron chi connectivity index (χ3n) is 3.85. The fraction of sp³-hybridized carbons (Fsp3) is 0.538. The maximum absolute atomic E-state index is 11.9. The number of ether oxygens (including phenoxy) is 1. The van der Waals surface area contributed by atoms with Gasteiger partial charge in [0.05, 0.1) is 6.33 Å². The number of aliphatic hydroxyl groups is 2. The Bertz CT molecular complexity index is 817. The molecule has 2 aromatic rings. The van der Waals surface area contributed by atoms with Gasteiger partial charge in [-0.05, 0) is 6.92 Å². The number of hydrogen-bond donors (Lipinski definition) is 5. The van der Waals surface area contributed by atoms with Gasteiger partial charge >= 0.3 is 6.03 Å². The van der Waals surface area contributed by atoms with Gasteiger partial charge in [0.25, 0.3) is 5.56 Å². The fourth-order valence-electron chi connectivity index (χ4n) is 2.63. The monoisotopic (exact) mass is 338 g/mol. The van der Waals surface area contributed by atoms with Crippen molar-refractivity contribution in [3.8, 4) is 0 Å². The molecule has 2 amide bonds. The number of carbonyl (C=O) groups excluding carboxylic acids is 1. The summed E-state index contributed by atoms with van der Waals surface area (Å²) in [7, 11) is 1.46. The SMILES string of the molecule is CNC(=O)NC[C@H]1O[C@@H](n2cnc3c(=O)[nH]c(C)nc32)C(O)C1O. The van der Waals surface area contributed by atoms with E-state index in [2.05, 4.69) is 25.6 Å². The van der Waals surface area contributed by atoms with Gasteiger partial charge < -0.3 is 30.6 Å². The number of fused-ring (bicyclic) bond motifs is 1. The minimum atomic E-state index is -1.26. The number of aromatic nitrogens is 4. The number of amides is 2. The fourth-order valence-corrected chi connectivity index (χ4v) is 2.63. The van der Waals surface area contributed by atoms with E-state index in [1.807, 2.05) is 0 Å². The van der Waals surface area contributed by atoms with Crippen LogP contribution in [0.15, 0.2) is 11.1 Å². The molecule has 0 saturated carbocycles. The second-order valence-corrected chi connectivity index (χ2v) is 5.48. The first-order chi connectivity index (χ1) is 11.4. The molecule has 0 radical (unpaired) electrons. The van der Waals surface area contributed by atoms with Crippen LogP contribution in [0.25, 0.3) is 11.2 Å². The van der Waals surface area contributed by atoms with Crippen LogP contribution < -0.4 is 16.2 Å². The molecule has 3 rings (SSSR count). The van der Waals surface area contributed by atoms with E-state index in [1.54, 1.807) is 6.92 Å². The summed E-state index contributed by atoms with van der Waals surface area (Å²) in [6, 6.07) is -0.430. The molecule has 0 bridgehead atoms. The van der Waals surface area contributed by atoms with Gasteiger partial charge in [0.2, 0.25) is 0 Å². The molecule has 0 aromatic carbocycles. The number of rotatable bonds is 3. The van der Waals surface area contributed by atoms with Crippen LogP contribution in [0, 0.1) is 6.92 Å². The van der Waals surface area contributed by atoms with Crippen molar-refractivity contribution in [1.29, 1.82) is 0 Å². The van der Waals surface area contributed by atoms with E-state index >= 15 is 0 Å². The van der Waals surface area contributed by atoms with Crippen molar-refractivity contribution in [3.05, 3.63) is 22.5 Å². The topological polar surface area (TPSA) is 154 Å². The number of aliphatic hydroxyl groups excluding tert-OH is 2. The molecule has 2 aromatic heterocycles. The molecule has 0 aliphatic carbocycles. The average Bonchev–Trinajstić information content (AvgIpc) is 3.08. The van der Waals surface area contributed by atoms with E-state index in [0.29, 0.717) is 5.82 Å². The Balaban J connectivity index is 1.87. The summed E-state index contributed by atoms with van der Waals surface area (Å²) in [6.45, 7) is 1.63. The Kier molecular flexibility index (Phi) is 4.22. The highest BCUT2D eigenvalue weighted by atomic mass is 16.6. The number of nitrogens with one attached hydrogen (secondary N) is 3. The Labute approximate surface area is 135 Å². The van der Waals surface area contributed by atoms with Crippen LogP contribution in [-0.4, -0.2) is 67.7 Å². The summed E-state index contributed by atoms with van der Waals surface area (Å²) >= 11 is 0. The number of hydrogen-bond acceptors (Lipinski definition) is 7. The first-order valence-corrected chi connectivity index (χ1v) is 7.33. The molecular formula is C13H18N6O5. The lowest BCUT2D eigenvalue weighted by atomic mass is 10.1. The van der Waals surface area contributed by atoms with E-state index in [9.17, 15) is 19.8 Å². The normalized spacial score (nSPS) is 26.7. The first-order valence-electron chi connectivity index (χ1n) is 7.33.